The number of aromatic nitrogens is 6. The Hall–Kier alpha value is -1.52. The Kier molecular flexibility index (Phi) is 28.3. The van der Waals surface area contributed by atoms with Crippen molar-refractivity contribution in [3.63, 3.8) is 0 Å². The fraction of sp³-hybridized carbons (Fsp3) is 0.333. The Morgan fingerprint density at radius 3 is 1.09 bits per heavy atom. The van der Waals surface area contributed by atoms with Crippen LogP contribution < -0.4 is 150 Å². The molecule has 0 aliphatic rings. The third kappa shape index (κ3) is 22.9. The van der Waals surface area contributed by atoms with Gasteiger partial charge in [0.15, 0.2) is 0 Å². The number of benzene rings is 2. The molecular weight excluding hydrogens is 1000 g/mol. The molecule has 2 atom stereocenters. The summed E-state index contributed by atoms with van der Waals surface area (Å²) in [6.07, 6.45) is -0.445. The molecule has 66 heavy (non-hydrogen) atoms. The van der Waals surface area contributed by atoms with Gasteiger partial charge < -0.3 is 70.5 Å². The first-order valence-electron chi connectivity index (χ1n) is 17.3. The van der Waals surface area contributed by atoms with Crippen molar-refractivity contribution in [1.29, 1.82) is 0 Å². The van der Waals surface area contributed by atoms with Crippen LogP contribution in [0.5, 0.6) is 0 Å². The van der Waals surface area contributed by atoms with Gasteiger partial charge in [0.25, 0.3) is 0 Å². The van der Waals surface area contributed by atoms with Crippen LogP contribution in [-0.4, -0.2) is 165 Å². The van der Waals surface area contributed by atoms with Gasteiger partial charge in [-0.3, -0.25) is 0 Å². The minimum absolute atomic E-state index is 0. The van der Waals surface area contributed by atoms with E-state index in [9.17, 15) is 62.1 Å². The van der Waals surface area contributed by atoms with Crippen molar-refractivity contribution in [3.05, 3.63) is 47.5 Å². The van der Waals surface area contributed by atoms with E-state index in [1.807, 2.05) is 0 Å². The van der Waals surface area contributed by atoms with Gasteiger partial charge in [0.1, 0.15) is 20.2 Å². The van der Waals surface area contributed by atoms with Crippen molar-refractivity contribution in [2.45, 2.75) is 22.0 Å². The molecule has 2 aromatic heterocycles. The topological polar surface area (TPSA) is 459 Å². The first-order valence-corrected chi connectivity index (χ1v) is 23.2. The Labute approximate surface area is 466 Å². The van der Waals surface area contributed by atoms with E-state index in [2.05, 4.69) is 61.8 Å². The van der Waals surface area contributed by atoms with Crippen LogP contribution in [0.4, 0.5) is 47.1 Å². The number of anilines is 8. The molecule has 10 N–H and O–H groups in total. The molecule has 0 radical (unpaired) electrons. The van der Waals surface area contributed by atoms with Crippen LogP contribution >= 0.6 is 0 Å². The van der Waals surface area contributed by atoms with Crippen LogP contribution in [0.1, 0.15) is 11.1 Å². The predicted octanol–water partition coefficient (Wildman–Crippen LogP) is -15.0. The molecule has 0 amide bonds. The number of hydrogen-bond donors (Lipinski definition) is 10. The largest absolute Gasteiger partial charge is 1.00 e. The zero-order valence-electron chi connectivity index (χ0n) is 35.4. The molecule has 0 fully saturated rings. The molecule has 2 unspecified atom stereocenters. The normalized spacial score (nSPS) is 12.5. The van der Waals surface area contributed by atoms with Crippen LogP contribution in [-0.2, 0) is 40.5 Å². The standard InChI is InChI=1S/C30H40N12O16S4.4Na/c43-15-21(45)13-33-27-37-25(31-7-9-59(47,48)49)39-29(41-27)35-19-5-3-17(23(11-19)61(53,54)55)1-2-18-4-6-20(12-24(18)62(56,57)58)36-30-40-26(32-8-10-60(50,51)52)38-28(42-30)34-14-22(46)16-44;;;;/h1-6,11-12,21-22,43-46H,7-10,13-16H2,(H,47,48,49)(H,50,51,52)(H,53,54,55)(H,56,57,58)(H3,31,33,35,37,39,41)(H3,32,34,36,38,40,42);;;;/q;4*+1/p-4/b2-1+;;;;. The molecule has 0 aliphatic heterocycles. The number of rotatable bonds is 24. The van der Waals surface area contributed by atoms with Crippen LogP contribution in [0.25, 0.3) is 12.2 Å². The predicted molar refractivity (Wildman–Crippen MR) is 213 cm³/mol. The summed E-state index contributed by atoms with van der Waals surface area (Å²) in [6.45, 7) is -2.65. The number of nitrogens with zero attached hydrogens (tertiary/aromatic N) is 6. The van der Waals surface area contributed by atoms with Crippen molar-refractivity contribution in [2.75, 3.05) is 82.8 Å². The molecule has 2 heterocycles. The van der Waals surface area contributed by atoms with Gasteiger partial charge in [0.05, 0.1) is 67.0 Å². The first kappa shape index (κ1) is 64.5. The number of aliphatic hydroxyl groups is 4. The third-order valence-electron chi connectivity index (χ3n) is 7.47. The van der Waals surface area contributed by atoms with E-state index in [4.69, 9.17) is 10.2 Å². The fourth-order valence-electron chi connectivity index (χ4n) is 4.67. The summed E-state index contributed by atoms with van der Waals surface area (Å²) in [4.78, 5) is 22.3. The van der Waals surface area contributed by atoms with Gasteiger partial charge in [-0.2, -0.15) is 29.9 Å². The first-order chi connectivity index (χ1) is 28.9. The molecule has 0 saturated carbocycles. The summed E-state index contributed by atoms with van der Waals surface area (Å²) in [6, 6.07) is 6.50. The van der Waals surface area contributed by atoms with Crippen LogP contribution in [0.15, 0.2) is 46.2 Å². The maximum absolute atomic E-state index is 12.4. The Morgan fingerprint density at radius 2 is 0.803 bits per heavy atom. The van der Waals surface area contributed by atoms with Crippen LogP contribution in [0, 0.1) is 0 Å². The SMILES string of the molecule is O=S(=O)([O-])CCNc1nc(NCC(O)CO)nc(Nc2ccc(/C=C/c3ccc(Nc4nc(NCCS(=O)(=O)[O-])nc(NCC(O)CO)n4)cc3S(=O)(=O)[O-])c(S(=O)(=O)[O-])c2)n1.[Na+].[Na+].[Na+].[Na+]. The van der Waals surface area contributed by atoms with Gasteiger partial charge >= 0.3 is 118 Å². The smallest absolute Gasteiger partial charge is 0.748 e. The van der Waals surface area contributed by atoms with E-state index in [0.29, 0.717) is 0 Å². The second kappa shape index (κ2) is 29.0. The maximum atomic E-state index is 12.4. The molecule has 0 bridgehead atoms. The van der Waals surface area contributed by atoms with E-state index >= 15 is 0 Å². The van der Waals surface area contributed by atoms with Gasteiger partial charge in [-0.25, -0.2) is 33.7 Å². The van der Waals surface area contributed by atoms with Gasteiger partial charge in [-0.05, 0) is 35.4 Å². The van der Waals surface area contributed by atoms with Crippen molar-refractivity contribution in [2.24, 2.45) is 0 Å². The molecule has 2 aromatic carbocycles. The molecule has 0 saturated heterocycles. The minimum atomic E-state index is -5.27. The van der Waals surface area contributed by atoms with E-state index in [1.54, 1.807) is 0 Å². The van der Waals surface area contributed by atoms with Crippen molar-refractivity contribution < 1.29 is 191 Å². The summed E-state index contributed by atoms with van der Waals surface area (Å²) >= 11 is 0. The second-order valence-corrected chi connectivity index (χ2v) is 18.2. The molecule has 4 rings (SSSR count). The zero-order chi connectivity index (χ0) is 45.9. The van der Waals surface area contributed by atoms with Crippen molar-refractivity contribution in [1.82, 2.24) is 29.9 Å². The molecule has 340 valence electrons. The van der Waals surface area contributed by atoms with Crippen LogP contribution in [0.3, 0.4) is 0 Å². The van der Waals surface area contributed by atoms with Crippen molar-refractivity contribution >= 4 is 99.7 Å². The van der Waals surface area contributed by atoms with Crippen LogP contribution in [0.2, 0.25) is 0 Å². The Balaban J connectivity index is 0.0000106. The Morgan fingerprint density at radius 1 is 0.500 bits per heavy atom. The summed E-state index contributed by atoms with van der Waals surface area (Å²) in [5.41, 5.74) is -0.767. The van der Waals surface area contributed by atoms with Gasteiger partial charge in [-0.15, -0.1) is 0 Å². The van der Waals surface area contributed by atoms with Crippen molar-refractivity contribution in [3.8, 4) is 0 Å². The number of nitrogens with one attached hydrogen (secondary N) is 6. The summed E-state index contributed by atoms with van der Waals surface area (Å²) in [5.74, 6) is -3.38. The maximum Gasteiger partial charge on any atom is 1.00 e. The average molecular weight is 1040 g/mol. The zero-order valence-corrected chi connectivity index (χ0v) is 46.7. The van der Waals surface area contributed by atoms with Gasteiger partial charge in [0.2, 0.25) is 35.7 Å². The van der Waals surface area contributed by atoms with E-state index in [0.717, 1.165) is 36.4 Å². The van der Waals surface area contributed by atoms with E-state index < -0.39 is 100 Å². The third-order valence-corrected chi connectivity index (χ3v) is 10.7. The summed E-state index contributed by atoms with van der Waals surface area (Å²) in [7, 11) is -19.8. The molecule has 0 spiro atoms. The molecule has 36 heteroatoms. The fourth-order valence-corrected chi connectivity index (χ4v) is 6.77. The van der Waals surface area contributed by atoms with E-state index in [-0.39, 0.29) is 190 Å². The average Bonchev–Trinajstić information content (AvgIpc) is 3.17. The number of aliphatic hydroxyl groups excluding tert-OH is 4. The summed E-state index contributed by atoms with van der Waals surface area (Å²) < 4.78 is 141. The second-order valence-electron chi connectivity index (χ2n) is 12.4. The minimum Gasteiger partial charge on any atom is -0.748 e. The van der Waals surface area contributed by atoms with Gasteiger partial charge in [-0.1, -0.05) is 24.3 Å². The summed E-state index contributed by atoms with van der Waals surface area (Å²) in [5, 5.41) is 53.0. The monoisotopic (exact) mass is 1040 g/mol. The molecule has 4 aromatic rings. The number of hydrogen-bond acceptors (Lipinski definition) is 28. The quantitative estimate of drug-likeness (QED) is 0.0177. The molecule has 0 aliphatic carbocycles. The van der Waals surface area contributed by atoms with E-state index in [1.165, 1.54) is 12.1 Å². The Bertz CT molecular complexity index is 2530. The van der Waals surface area contributed by atoms with Gasteiger partial charge in [0, 0.05) is 37.6 Å². The molecular formula is C30H36N12Na4O16S4. The molecule has 28 nitrogen and oxygen atoms in total.